The van der Waals surface area contributed by atoms with Crippen molar-refractivity contribution in [3.05, 3.63) is 35.9 Å². The molecule has 1 aromatic rings. The molecule has 3 unspecified atom stereocenters. The van der Waals surface area contributed by atoms with Gasteiger partial charge >= 0.3 is 0 Å². The predicted octanol–water partition coefficient (Wildman–Crippen LogP) is 5.04. The summed E-state index contributed by atoms with van der Waals surface area (Å²) in [6, 6.07) is 11.5. The molecule has 23 heavy (non-hydrogen) atoms. The fourth-order valence-electron chi connectivity index (χ4n) is 7.90. The van der Waals surface area contributed by atoms with Crippen molar-refractivity contribution in [3.63, 3.8) is 0 Å². The molecular formula is C22H31N. The van der Waals surface area contributed by atoms with Crippen LogP contribution in [0.25, 0.3) is 0 Å². The van der Waals surface area contributed by atoms with E-state index in [1.54, 1.807) is 5.56 Å². The van der Waals surface area contributed by atoms with Crippen LogP contribution in [0.5, 0.6) is 0 Å². The maximum atomic E-state index is 7.36. The molecule has 2 N–H and O–H groups in total. The van der Waals surface area contributed by atoms with Crippen LogP contribution < -0.4 is 5.73 Å². The van der Waals surface area contributed by atoms with E-state index in [-0.39, 0.29) is 11.0 Å². The Morgan fingerprint density at radius 1 is 0.783 bits per heavy atom. The van der Waals surface area contributed by atoms with E-state index in [4.69, 9.17) is 5.73 Å². The summed E-state index contributed by atoms with van der Waals surface area (Å²) in [6.07, 6.45) is 14.1. The van der Waals surface area contributed by atoms with Crippen LogP contribution in [0.15, 0.2) is 30.3 Å². The van der Waals surface area contributed by atoms with Gasteiger partial charge in [-0.05, 0) is 74.2 Å². The third kappa shape index (κ3) is 1.89. The molecule has 5 aliphatic rings. The van der Waals surface area contributed by atoms with E-state index in [1.807, 2.05) is 0 Å². The van der Waals surface area contributed by atoms with Gasteiger partial charge in [-0.25, -0.2) is 0 Å². The fourth-order valence-corrected chi connectivity index (χ4v) is 7.90. The summed E-state index contributed by atoms with van der Waals surface area (Å²) in [5.74, 6) is 3.54. The third-order valence-electron chi connectivity index (χ3n) is 8.18. The minimum absolute atomic E-state index is 0.0745. The van der Waals surface area contributed by atoms with Crippen LogP contribution in [0.4, 0.5) is 0 Å². The van der Waals surface area contributed by atoms with Gasteiger partial charge in [-0.2, -0.15) is 0 Å². The van der Waals surface area contributed by atoms with Crippen molar-refractivity contribution < 1.29 is 0 Å². The van der Waals surface area contributed by atoms with Gasteiger partial charge in [0.15, 0.2) is 0 Å². The minimum atomic E-state index is 0.0745. The van der Waals surface area contributed by atoms with Crippen molar-refractivity contribution in [2.24, 2.45) is 29.4 Å². The first-order chi connectivity index (χ1) is 11.2. The van der Waals surface area contributed by atoms with Gasteiger partial charge in [0.1, 0.15) is 0 Å². The zero-order valence-corrected chi connectivity index (χ0v) is 14.3. The molecule has 5 atom stereocenters. The van der Waals surface area contributed by atoms with Crippen molar-refractivity contribution in [1.82, 2.24) is 0 Å². The molecular weight excluding hydrogens is 278 g/mol. The van der Waals surface area contributed by atoms with E-state index in [2.05, 4.69) is 30.3 Å². The van der Waals surface area contributed by atoms with Crippen molar-refractivity contribution in [2.45, 2.75) is 75.2 Å². The smallest absolute Gasteiger partial charge is 0.0263 e. The van der Waals surface area contributed by atoms with E-state index in [0.29, 0.717) is 0 Å². The number of rotatable bonds is 2. The Morgan fingerprint density at radius 3 is 2.04 bits per heavy atom. The predicted molar refractivity (Wildman–Crippen MR) is 95.2 cm³/mol. The van der Waals surface area contributed by atoms with Crippen molar-refractivity contribution in [2.75, 3.05) is 0 Å². The normalized spacial score (nSPS) is 46.2. The molecule has 0 spiro atoms. The van der Waals surface area contributed by atoms with Crippen LogP contribution in [-0.2, 0) is 5.41 Å². The molecule has 4 bridgehead atoms. The second kappa shape index (κ2) is 5.09. The summed E-state index contributed by atoms with van der Waals surface area (Å²) in [6.45, 7) is 0. The summed E-state index contributed by atoms with van der Waals surface area (Å²) >= 11 is 0. The molecule has 6 rings (SSSR count). The maximum Gasteiger partial charge on any atom is 0.0263 e. The lowest BCUT2D eigenvalue weighted by Gasteiger charge is -2.69. The van der Waals surface area contributed by atoms with Crippen molar-refractivity contribution >= 4 is 0 Å². The lowest BCUT2D eigenvalue weighted by Crippen LogP contribution is -2.73. The van der Waals surface area contributed by atoms with E-state index in [0.717, 1.165) is 23.7 Å². The van der Waals surface area contributed by atoms with Crippen LogP contribution in [-0.4, -0.2) is 5.54 Å². The number of benzene rings is 1. The summed E-state index contributed by atoms with van der Waals surface area (Å²) in [4.78, 5) is 0. The Hall–Kier alpha value is -0.820. The van der Waals surface area contributed by atoms with Crippen LogP contribution >= 0.6 is 0 Å². The lowest BCUT2D eigenvalue weighted by molar-refractivity contribution is -0.112. The minimum Gasteiger partial charge on any atom is -0.324 e. The number of nitrogens with two attached hydrogens (primary N) is 1. The van der Waals surface area contributed by atoms with E-state index < -0.39 is 0 Å². The highest BCUT2D eigenvalue weighted by atomic mass is 14.9. The largest absolute Gasteiger partial charge is 0.324 e. The number of hydrogen-bond donors (Lipinski definition) is 1. The molecule has 5 saturated carbocycles. The Morgan fingerprint density at radius 2 is 1.43 bits per heavy atom. The molecule has 0 aromatic heterocycles. The van der Waals surface area contributed by atoms with Gasteiger partial charge in [0.2, 0.25) is 0 Å². The maximum absolute atomic E-state index is 7.36. The first-order valence-electron chi connectivity index (χ1n) is 10.1. The Balaban J connectivity index is 1.68. The average Bonchev–Trinajstić information content (AvgIpc) is 2.55. The first kappa shape index (κ1) is 14.5. The molecule has 0 aliphatic heterocycles. The molecule has 1 heteroatoms. The van der Waals surface area contributed by atoms with Crippen LogP contribution in [0.1, 0.15) is 69.8 Å². The molecule has 0 heterocycles. The topological polar surface area (TPSA) is 26.0 Å². The summed E-state index contributed by atoms with van der Waals surface area (Å²) in [5, 5.41) is 0. The molecule has 0 radical (unpaired) electrons. The third-order valence-corrected chi connectivity index (χ3v) is 8.18. The van der Waals surface area contributed by atoms with E-state index in [1.165, 1.54) is 64.2 Å². The number of hydrogen-bond acceptors (Lipinski definition) is 1. The summed E-state index contributed by atoms with van der Waals surface area (Å²) in [7, 11) is 0. The molecule has 0 amide bonds. The van der Waals surface area contributed by atoms with Gasteiger partial charge in [-0.3, -0.25) is 0 Å². The van der Waals surface area contributed by atoms with Crippen molar-refractivity contribution in [3.8, 4) is 0 Å². The van der Waals surface area contributed by atoms with Gasteiger partial charge in [0, 0.05) is 11.0 Å². The molecule has 1 nitrogen and oxygen atoms in total. The van der Waals surface area contributed by atoms with Gasteiger partial charge in [0.25, 0.3) is 0 Å². The Bertz CT molecular complexity index is 555. The monoisotopic (exact) mass is 309 g/mol. The Kier molecular flexibility index (Phi) is 3.21. The van der Waals surface area contributed by atoms with Gasteiger partial charge in [0.05, 0.1) is 0 Å². The van der Waals surface area contributed by atoms with Crippen LogP contribution in [0.2, 0.25) is 0 Å². The van der Waals surface area contributed by atoms with E-state index >= 15 is 0 Å². The Labute approximate surface area is 141 Å². The van der Waals surface area contributed by atoms with Gasteiger partial charge in [-0.1, -0.05) is 49.6 Å². The van der Waals surface area contributed by atoms with Crippen LogP contribution in [0.3, 0.4) is 0 Å². The molecule has 0 saturated heterocycles. The second-order valence-corrected chi connectivity index (χ2v) is 9.27. The van der Waals surface area contributed by atoms with Gasteiger partial charge < -0.3 is 5.73 Å². The molecule has 5 fully saturated rings. The zero-order valence-electron chi connectivity index (χ0n) is 14.3. The quantitative estimate of drug-likeness (QED) is 0.813. The zero-order chi connectivity index (χ0) is 15.5. The summed E-state index contributed by atoms with van der Waals surface area (Å²) in [5.41, 5.74) is 9.31. The molecule has 124 valence electrons. The lowest BCUT2D eigenvalue weighted by atomic mass is 9.37. The van der Waals surface area contributed by atoms with Crippen molar-refractivity contribution in [1.29, 1.82) is 0 Å². The van der Waals surface area contributed by atoms with Gasteiger partial charge in [-0.15, -0.1) is 0 Å². The highest BCUT2D eigenvalue weighted by molar-refractivity contribution is 5.38. The van der Waals surface area contributed by atoms with Crippen LogP contribution in [0, 0.1) is 23.7 Å². The average molecular weight is 309 g/mol. The van der Waals surface area contributed by atoms with E-state index in [9.17, 15) is 0 Å². The summed E-state index contributed by atoms with van der Waals surface area (Å²) < 4.78 is 0. The fraction of sp³-hybridized carbons (Fsp3) is 0.727. The second-order valence-electron chi connectivity index (χ2n) is 9.27. The first-order valence-corrected chi connectivity index (χ1v) is 10.1. The molecule has 1 aromatic carbocycles. The molecule has 5 aliphatic carbocycles. The highest BCUT2D eigenvalue weighted by Crippen LogP contribution is 2.67. The standard InChI is InChI=1S/C22H31N/c23-21-14-16-11-17(15-21)13-20(12-16)22(21,18-7-3-1-4-8-18)19-9-5-2-6-10-19/h1,3-4,7-8,16-17,19-20H,2,5-6,9-15,23H2/t16-,17?,20?,21?,22-/m0/s1. The SMILES string of the molecule is NC12CC3CC(C[C@H](C3)C1)[C@]2(c1ccccc1)C1CCCCC1. The highest BCUT2D eigenvalue weighted by Gasteiger charge is 2.66.